The fraction of sp³-hybridized carbons (Fsp3) is 0.174. The molecule has 176 valence electrons. The summed E-state index contributed by atoms with van der Waals surface area (Å²) in [6.07, 6.45) is -3.35. The lowest BCUT2D eigenvalue weighted by atomic mass is 10.0. The molecule has 1 N–H and O–H groups in total. The molecule has 34 heavy (non-hydrogen) atoms. The van der Waals surface area contributed by atoms with E-state index in [1.807, 2.05) is 6.92 Å². The van der Waals surface area contributed by atoms with Crippen LogP contribution in [0.25, 0.3) is 21.3 Å². The van der Waals surface area contributed by atoms with Gasteiger partial charge in [0, 0.05) is 15.5 Å². The quantitative estimate of drug-likeness (QED) is 0.313. The van der Waals surface area contributed by atoms with Gasteiger partial charge in [0.05, 0.1) is 28.0 Å². The lowest BCUT2D eigenvalue weighted by molar-refractivity contribution is -0.137. The van der Waals surface area contributed by atoms with E-state index < -0.39 is 29.2 Å². The lowest BCUT2D eigenvalue weighted by Crippen LogP contribution is -2.31. The first-order valence-corrected chi connectivity index (χ1v) is 11.5. The first-order chi connectivity index (χ1) is 16.0. The third-order valence-electron chi connectivity index (χ3n) is 5.29. The van der Waals surface area contributed by atoms with Crippen LogP contribution in [0.4, 0.5) is 18.9 Å². The molecule has 0 bridgehead atoms. The van der Waals surface area contributed by atoms with Gasteiger partial charge < -0.3 is 5.32 Å². The molecular formula is C23H16Cl2F3N3O2S. The van der Waals surface area contributed by atoms with Crippen molar-refractivity contribution in [3.63, 3.8) is 0 Å². The largest absolute Gasteiger partial charge is 0.416 e. The van der Waals surface area contributed by atoms with Crippen LogP contribution in [0.3, 0.4) is 0 Å². The minimum atomic E-state index is -4.60. The van der Waals surface area contributed by atoms with E-state index in [0.717, 1.165) is 33.2 Å². The summed E-state index contributed by atoms with van der Waals surface area (Å²) in [5.74, 6) is -0.718. The molecule has 4 aromatic rings. The maximum absolute atomic E-state index is 13.4. The molecule has 11 heteroatoms. The van der Waals surface area contributed by atoms with Gasteiger partial charge >= 0.3 is 6.18 Å². The van der Waals surface area contributed by atoms with Gasteiger partial charge in [-0.1, -0.05) is 35.3 Å². The number of rotatable bonds is 4. The zero-order valence-electron chi connectivity index (χ0n) is 17.7. The van der Waals surface area contributed by atoms with Gasteiger partial charge in [0.2, 0.25) is 5.91 Å². The highest BCUT2D eigenvalue weighted by molar-refractivity contribution is 7.19. The normalized spacial score (nSPS) is 12.7. The minimum absolute atomic E-state index is 0.0621. The van der Waals surface area contributed by atoms with Crippen LogP contribution < -0.4 is 10.9 Å². The Morgan fingerprint density at radius 2 is 1.82 bits per heavy atom. The Morgan fingerprint density at radius 1 is 1.15 bits per heavy atom. The Hall–Kier alpha value is -2.88. The number of anilines is 1. The summed E-state index contributed by atoms with van der Waals surface area (Å²) in [6.45, 7) is 3.32. The molecule has 0 aliphatic carbocycles. The maximum atomic E-state index is 13.4. The molecule has 1 unspecified atom stereocenters. The van der Waals surface area contributed by atoms with Crippen LogP contribution in [0.1, 0.15) is 23.4 Å². The van der Waals surface area contributed by atoms with E-state index in [0.29, 0.717) is 20.8 Å². The number of alkyl halides is 3. The van der Waals surface area contributed by atoms with E-state index in [9.17, 15) is 22.8 Å². The number of benzene rings is 2. The summed E-state index contributed by atoms with van der Waals surface area (Å²) in [4.78, 5) is 32.0. The van der Waals surface area contributed by atoms with Gasteiger partial charge in [-0.3, -0.25) is 14.2 Å². The average Bonchev–Trinajstić information content (AvgIpc) is 3.11. The van der Waals surface area contributed by atoms with Crippen LogP contribution in [-0.2, 0) is 11.0 Å². The fourth-order valence-corrected chi connectivity index (χ4v) is 4.81. The van der Waals surface area contributed by atoms with Gasteiger partial charge in [-0.2, -0.15) is 13.2 Å². The number of aromatic nitrogens is 2. The van der Waals surface area contributed by atoms with E-state index >= 15 is 0 Å². The van der Waals surface area contributed by atoms with Gasteiger partial charge in [-0.15, -0.1) is 11.3 Å². The molecule has 0 radical (unpaired) electrons. The fourth-order valence-electron chi connectivity index (χ4n) is 3.52. The third kappa shape index (κ3) is 4.55. The number of hydrogen-bond acceptors (Lipinski definition) is 4. The molecule has 5 nitrogen and oxygen atoms in total. The standard InChI is InChI=1S/C23H16Cl2F3N3O2S/c1-11(20(32)30-17-9-14(23(26,27)28)5-8-16(17)25)31-10-29-21-19(22(31)33)18(12(2)34-21)13-3-6-15(24)7-4-13/h3-11H,1-2H3,(H,30,32). The van der Waals surface area contributed by atoms with Gasteiger partial charge in [-0.25, -0.2) is 4.98 Å². The number of nitrogens with zero attached hydrogens (tertiary/aromatic N) is 2. The predicted molar refractivity (Wildman–Crippen MR) is 129 cm³/mol. The molecule has 2 aromatic heterocycles. The number of fused-ring (bicyclic) bond motifs is 1. The van der Waals surface area contributed by atoms with E-state index in [-0.39, 0.29) is 10.7 Å². The predicted octanol–water partition coefficient (Wildman–Crippen LogP) is 6.96. The summed E-state index contributed by atoms with van der Waals surface area (Å²) in [5, 5.41) is 3.22. The molecule has 1 atom stereocenters. The van der Waals surface area contributed by atoms with Crippen LogP contribution in [-0.4, -0.2) is 15.5 Å². The van der Waals surface area contributed by atoms with Crippen molar-refractivity contribution < 1.29 is 18.0 Å². The number of carbonyl (C=O) groups is 1. The zero-order chi connectivity index (χ0) is 24.8. The number of halogens is 5. The van der Waals surface area contributed by atoms with Crippen molar-refractivity contribution in [1.29, 1.82) is 0 Å². The maximum Gasteiger partial charge on any atom is 0.416 e. The zero-order valence-corrected chi connectivity index (χ0v) is 20.0. The molecule has 2 heterocycles. The molecule has 0 fully saturated rings. The first-order valence-electron chi connectivity index (χ1n) is 9.91. The summed E-state index contributed by atoms with van der Waals surface area (Å²) in [7, 11) is 0. The van der Waals surface area contributed by atoms with Crippen LogP contribution >= 0.6 is 34.5 Å². The molecule has 2 aromatic carbocycles. The minimum Gasteiger partial charge on any atom is -0.323 e. The highest BCUT2D eigenvalue weighted by atomic mass is 35.5. The number of nitrogens with one attached hydrogen (secondary N) is 1. The number of aryl methyl sites for hydroxylation is 1. The average molecular weight is 526 g/mol. The van der Waals surface area contributed by atoms with Crippen molar-refractivity contribution in [2.24, 2.45) is 0 Å². The summed E-state index contributed by atoms with van der Waals surface area (Å²) in [5.41, 5.74) is -0.142. The van der Waals surface area contributed by atoms with Gasteiger partial charge in [0.15, 0.2) is 0 Å². The number of carbonyl (C=O) groups excluding carboxylic acids is 1. The molecule has 4 rings (SSSR count). The Balaban J connectivity index is 1.72. The third-order valence-corrected chi connectivity index (χ3v) is 6.89. The summed E-state index contributed by atoms with van der Waals surface area (Å²) >= 11 is 13.3. The molecule has 0 aliphatic rings. The van der Waals surface area contributed by atoms with Crippen LogP contribution in [0.5, 0.6) is 0 Å². The molecule has 0 saturated carbocycles. The van der Waals surface area contributed by atoms with E-state index in [4.69, 9.17) is 23.2 Å². The van der Waals surface area contributed by atoms with Crippen LogP contribution in [0.15, 0.2) is 53.6 Å². The number of thiophene rings is 1. The molecule has 0 saturated heterocycles. The Morgan fingerprint density at radius 3 is 2.47 bits per heavy atom. The Bertz CT molecular complexity index is 1460. The molecule has 0 spiro atoms. The molecular weight excluding hydrogens is 510 g/mol. The highest BCUT2D eigenvalue weighted by Gasteiger charge is 2.31. The van der Waals surface area contributed by atoms with Crippen molar-refractivity contribution in [1.82, 2.24) is 9.55 Å². The second-order valence-corrected chi connectivity index (χ2v) is 9.58. The number of hydrogen-bond donors (Lipinski definition) is 1. The first kappa shape index (κ1) is 24.3. The summed E-state index contributed by atoms with van der Waals surface area (Å²) in [6, 6.07) is 8.55. The van der Waals surface area contributed by atoms with Gasteiger partial charge in [0.25, 0.3) is 5.56 Å². The highest BCUT2D eigenvalue weighted by Crippen LogP contribution is 2.36. The van der Waals surface area contributed by atoms with Crippen molar-refractivity contribution in [2.45, 2.75) is 26.1 Å². The van der Waals surface area contributed by atoms with Crippen molar-refractivity contribution in [2.75, 3.05) is 5.32 Å². The molecule has 1 amide bonds. The molecule has 0 aliphatic heterocycles. The van der Waals surface area contributed by atoms with Crippen molar-refractivity contribution in [3.8, 4) is 11.1 Å². The van der Waals surface area contributed by atoms with Crippen molar-refractivity contribution in [3.05, 3.63) is 79.6 Å². The van der Waals surface area contributed by atoms with Gasteiger partial charge in [-0.05, 0) is 49.7 Å². The van der Waals surface area contributed by atoms with E-state index in [1.165, 1.54) is 24.6 Å². The monoisotopic (exact) mass is 525 g/mol. The lowest BCUT2D eigenvalue weighted by Gasteiger charge is -2.17. The van der Waals surface area contributed by atoms with Crippen LogP contribution in [0.2, 0.25) is 10.0 Å². The Kier molecular flexibility index (Phi) is 6.46. The summed E-state index contributed by atoms with van der Waals surface area (Å²) < 4.78 is 40.3. The second-order valence-electron chi connectivity index (χ2n) is 7.53. The second kappa shape index (κ2) is 9.05. The van der Waals surface area contributed by atoms with Crippen LogP contribution in [0, 0.1) is 6.92 Å². The van der Waals surface area contributed by atoms with E-state index in [1.54, 1.807) is 24.3 Å². The number of amides is 1. The Labute approximate surface area is 205 Å². The topological polar surface area (TPSA) is 64.0 Å². The SMILES string of the molecule is Cc1sc2ncn(C(C)C(=O)Nc3cc(C(F)(F)F)ccc3Cl)c(=O)c2c1-c1ccc(Cl)cc1. The van der Waals surface area contributed by atoms with Crippen molar-refractivity contribution >= 4 is 56.3 Å². The van der Waals surface area contributed by atoms with E-state index in [2.05, 4.69) is 10.3 Å². The van der Waals surface area contributed by atoms with Gasteiger partial charge in [0.1, 0.15) is 10.9 Å². The smallest absolute Gasteiger partial charge is 0.323 e.